The SMILES string of the molecule is CC(C)(C)OC(=O)NCCNC(=O)OCOC(=O)C(C)(C)Oc1ccc(CCNC(=O)c2ccc(Cl)cc2)cc1.CC(C)(Oc1ccc(CCNC(=O)c2ccc(Cl)cc2)cc1)C(=O)OCOC(=O)NCCN.Cl. The number of rotatable bonds is 23. The molecule has 404 valence electrons. The Balaban J connectivity index is 0.000000509. The summed E-state index contributed by atoms with van der Waals surface area (Å²) in [4.78, 5) is 83.6. The van der Waals surface area contributed by atoms with E-state index in [9.17, 15) is 33.6 Å². The summed E-state index contributed by atoms with van der Waals surface area (Å²) in [5, 5.41) is 14.1. The fourth-order valence-electron chi connectivity index (χ4n) is 5.71. The summed E-state index contributed by atoms with van der Waals surface area (Å²) in [6, 6.07) is 27.5. The van der Waals surface area contributed by atoms with Crippen molar-refractivity contribution in [3.05, 3.63) is 129 Å². The normalized spacial score (nSPS) is 10.8. The molecule has 5 amide bonds. The van der Waals surface area contributed by atoms with Gasteiger partial charge in [-0.2, -0.15) is 0 Å². The summed E-state index contributed by atoms with van der Waals surface area (Å²) in [6.07, 6.45) is -0.938. The number of hydrogen-bond acceptors (Lipinski definition) is 15. The molecule has 0 fully saturated rings. The van der Waals surface area contributed by atoms with Gasteiger partial charge in [0.1, 0.15) is 17.1 Å². The molecule has 0 saturated carbocycles. The highest BCUT2D eigenvalue weighted by molar-refractivity contribution is 6.31. The van der Waals surface area contributed by atoms with Gasteiger partial charge in [0.05, 0.1) is 0 Å². The van der Waals surface area contributed by atoms with Gasteiger partial charge in [-0.3, -0.25) is 9.59 Å². The third-order valence-electron chi connectivity index (χ3n) is 9.42. The van der Waals surface area contributed by atoms with Crippen LogP contribution in [0.2, 0.25) is 10.0 Å². The predicted molar refractivity (Wildman–Crippen MR) is 279 cm³/mol. The number of benzene rings is 4. The van der Waals surface area contributed by atoms with Crippen molar-refractivity contribution < 1.29 is 66.7 Å². The number of carbonyl (C=O) groups is 7. The van der Waals surface area contributed by atoms with E-state index in [1.165, 1.54) is 13.8 Å². The first kappa shape index (κ1) is 63.1. The molecular weight excluding hydrogens is 1030 g/mol. The molecule has 0 saturated heterocycles. The molecule has 0 aromatic heterocycles. The topological polar surface area (TPSA) is 270 Å². The second-order valence-corrected chi connectivity index (χ2v) is 18.4. The number of carbonyl (C=O) groups excluding carboxylic acids is 7. The third-order valence-corrected chi connectivity index (χ3v) is 9.93. The van der Waals surface area contributed by atoms with Gasteiger partial charge in [0.15, 0.2) is 11.2 Å². The molecule has 20 nitrogen and oxygen atoms in total. The van der Waals surface area contributed by atoms with Crippen LogP contribution in [0.1, 0.15) is 80.3 Å². The average molecular weight is 1090 g/mol. The molecule has 0 heterocycles. The molecule has 0 aliphatic heterocycles. The van der Waals surface area contributed by atoms with Crippen LogP contribution in [0.4, 0.5) is 14.4 Å². The Morgan fingerprint density at radius 1 is 0.459 bits per heavy atom. The lowest BCUT2D eigenvalue weighted by atomic mass is 10.1. The fourth-order valence-corrected chi connectivity index (χ4v) is 5.96. The van der Waals surface area contributed by atoms with Crippen LogP contribution in [0, 0.1) is 0 Å². The van der Waals surface area contributed by atoms with Gasteiger partial charge in [0.2, 0.25) is 13.6 Å². The fraction of sp³-hybridized carbons (Fsp3) is 0.392. The largest absolute Gasteiger partial charge is 0.476 e. The first-order valence-electron chi connectivity index (χ1n) is 22.9. The number of amides is 5. The van der Waals surface area contributed by atoms with E-state index >= 15 is 0 Å². The van der Waals surface area contributed by atoms with Crippen molar-refractivity contribution in [2.75, 3.05) is 52.9 Å². The van der Waals surface area contributed by atoms with Crippen LogP contribution in [0.15, 0.2) is 97.1 Å². The van der Waals surface area contributed by atoms with Gasteiger partial charge in [0, 0.05) is 60.4 Å². The average Bonchev–Trinajstić information content (AvgIpc) is 3.33. The van der Waals surface area contributed by atoms with Crippen molar-refractivity contribution in [3.63, 3.8) is 0 Å². The summed E-state index contributed by atoms with van der Waals surface area (Å²) in [6.45, 7) is 11.8. The maximum Gasteiger partial charge on any atom is 0.410 e. The number of hydrogen-bond donors (Lipinski definition) is 6. The Bertz CT molecular complexity index is 2420. The molecule has 0 unspecified atom stereocenters. The second-order valence-electron chi connectivity index (χ2n) is 17.6. The summed E-state index contributed by atoms with van der Waals surface area (Å²) in [5.74, 6) is -0.884. The number of esters is 2. The van der Waals surface area contributed by atoms with Crippen LogP contribution in [-0.4, -0.2) is 112 Å². The van der Waals surface area contributed by atoms with Crippen molar-refractivity contribution in [1.29, 1.82) is 0 Å². The van der Waals surface area contributed by atoms with Crippen LogP contribution < -0.4 is 41.8 Å². The van der Waals surface area contributed by atoms with E-state index in [-0.39, 0.29) is 50.4 Å². The van der Waals surface area contributed by atoms with E-state index in [4.69, 9.17) is 62.1 Å². The Morgan fingerprint density at radius 3 is 1.16 bits per heavy atom. The van der Waals surface area contributed by atoms with Gasteiger partial charge in [-0.15, -0.1) is 12.4 Å². The van der Waals surface area contributed by atoms with E-state index < -0.39 is 60.6 Å². The Kier molecular flexibility index (Phi) is 26.9. The molecule has 4 aromatic rings. The maximum atomic E-state index is 12.4. The van der Waals surface area contributed by atoms with Crippen molar-refractivity contribution in [2.24, 2.45) is 5.73 Å². The number of nitrogens with two attached hydrogens (primary N) is 1. The second kappa shape index (κ2) is 31.6. The van der Waals surface area contributed by atoms with Crippen molar-refractivity contribution >= 4 is 77.6 Å². The van der Waals surface area contributed by atoms with Crippen molar-refractivity contribution in [2.45, 2.75) is 78.1 Å². The van der Waals surface area contributed by atoms with E-state index in [2.05, 4.69) is 26.6 Å². The third kappa shape index (κ3) is 25.1. The maximum absolute atomic E-state index is 12.4. The quantitative estimate of drug-likeness (QED) is 0.0184. The lowest BCUT2D eigenvalue weighted by Crippen LogP contribution is -2.41. The minimum atomic E-state index is -1.36. The zero-order valence-corrected chi connectivity index (χ0v) is 44.6. The number of halogens is 3. The molecule has 74 heavy (non-hydrogen) atoms. The Labute approximate surface area is 446 Å². The molecule has 0 atom stereocenters. The minimum absolute atomic E-state index is 0. The van der Waals surface area contributed by atoms with Gasteiger partial charge in [-0.25, -0.2) is 24.0 Å². The van der Waals surface area contributed by atoms with Gasteiger partial charge < -0.3 is 65.5 Å². The lowest BCUT2D eigenvalue weighted by Gasteiger charge is -2.24. The van der Waals surface area contributed by atoms with E-state index in [0.717, 1.165) is 11.1 Å². The Morgan fingerprint density at radius 2 is 0.811 bits per heavy atom. The molecule has 0 spiro atoms. The smallest absolute Gasteiger partial charge is 0.410 e. The molecule has 0 radical (unpaired) electrons. The minimum Gasteiger partial charge on any atom is -0.476 e. The van der Waals surface area contributed by atoms with Crippen molar-refractivity contribution in [1.82, 2.24) is 26.6 Å². The van der Waals surface area contributed by atoms with Crippen LogP contribution in [0.3, 0.4) is 0 Å². The van der Waals surface area contributed by atoms with Gasteiger partial charge in [-0.1, -0.05) is 47.5 Å². The summed E-state index contributed by atoms with van der Waals surface area (Å²) in [5.41, 5.74) is 5.00. The van der Waals surface area contributed by atoms with Crippen LogP contribution in [0.25, 0.3) is 0 Å². The van der Waals surface area contributed by atoms with Crippen molar-refractivity contribution in [3.8, 4) is 11.5 Å². The zero-order chi connectivity index (χ0) is 54.0. The van der Waals surface area contributed by atoms with Gasteiger partial charge >= 0.3 is 30.2 Å². The molecule has 0 aliphatic rings. The van der Waals surface area contributed by atoms with E-state index in [1.807, 2.05) is 24.3 Å². The zero-order valence-electron chi connectivity index (χ0n) is 42.3. The standard InChI is InChI=1S/C28H36ClN3O8.C23H28ClN3O6.ClH/c1-27(2,3)40-26(36)32-17-16-31-25(35)38-18-37-24(34)28(4,5)39-22-12-6-19(7-13-22)14-15-30-23(33)20-8-10-21(29)11-9-20;1-23(2,21(29)31-15-32-22(30)27-14-12-25)33-19-9-3-16(4-10-19)11-13-26-20(28)17-5-7-18(24)8-6-17;/h6-13H,14-18H2,1-5H3,(H,30,33)(H,31,35)(H,32,36);3-10H,11-15,25H2,1-2H3,(H,26,28)(H,27,30);1H. The predicted octanol–water partition coefficient (Wildman–Crippen LogP) is 7.30. The molecule has 0 aliphatic carbocycles. The number of alkyl carbamates (subject to hydrolysis) is 3. The Hall–Kier alpha value is -7.00. The monoisotopic (exact) mass is 1090 g/mol. The molecule has 7 N–H and O–H groups in total. The highest BCUT2D eigenvalue weighted by Crippen LogP contribution is 2.22. The summed E-state index contributed by atoms with van der Waals surface area (Å²) < 4.78 is 36.1. The lowest BCUT2D eigenvalue weighted by molar-refractivity contribution is -0.168. The molecular formula is C51H65Cl3N6O14. The summed E-state index contributed by atoms with van der Waals surface area (Å²) in [7, 11) is 0. The first-order valence-corrected chi connectivity index (χ1v) is 23.7. The molecule has 4 rings (SSSR count). The van der Waals surface area contributed by atoms with Crippen LogP contribution in [-0.2, 0) is 46.1 Å². The number of nitrogens with one attached hydrogen (secondary N) is 5. The van der Waals surface area contributed by atoms with Gasteiger partial charge in [0.25, 0.3) is 11.8 Å². The molecule has 23 heteroatoms. The molecule has 4 aromatic carbocycles. The van der Waals surface area contributed by atoms with Crippen LogP contribution >= 0.6 is 35.6 Å². The van der Waals surface area contributed by atoms with Crippen LogP contribution in [0.5, 0.6) is 11.5 Å². The highest BCUT2D eigenvalue weighted by Gasteiger charge is 2.33. The molecule has 0 bridgehead atoms. The number of ether oxygens (including phenoxy) is 7. The highest BCUT2D eigenvalue weighted by atomic mass is 35.5. The van der Waals surface area contributed by atoms with E-state index in [1.54, 1.807) is 107 Å². The first-order chi connectivity index (χ1) is 34.5. The summed E-state index contributed by atoms with van der Waals surface area (Å²) >= 11 is 11.7. The van der Waals surface area contributed by atoms with E-state index in [0.29, 0.717) is 58.6 Å². The van der Waals surface area contributed by atoms with Gasteiger partial charge in [-0.05, 0) is 145 Å².